The fourth-order valence-electron chi connectivity index (χ4n) is 2.38. The van der Waals surface area contributed by atoms with Crippen LogP contribution >= 0.6 is 0 Å². The molecule has 0 aromatic carbocycles. The first-order valence-electron chi connectivity index (χ1n) is 6.14. The van der Waals surface area contributed by atoms with Crippen molar-refractivity contribution in [2.24, 2.45) is 0 Å². The monoisotopic (exact) mass is 289 g/mol. The molecule has 19 heavy (non-hydrogen) atoms. The molecule has 1 aromatic heterocycles. The first-order valence-corrected chi connectivity index (χ1v) is 7.62. The summed E-state index contributed by atoms with van der Waals surface area (Å²) in [5, 5.41) is 9.29. The molecule has 0 bridgehead atoms. The Bertz CT molecular complexity index is 557. The van der Waals surface area contributed by atoms with Crippen molar-refractivity contribution in [2.45, 2.75) is 50.3 Å². The molecule has 0 amide bonds. The number of methoxy groups -OCH3 is 1. The second-order valence-electron chi connectivity index (χ2n) is 4.83. The van der Waals surface area contributed by atoms with E-state index in [-0.39, 0.29) is 23.6 Å². The van der Waals surface area contributed by atoms with Gasteiger partial charge in [-0.25, -0.2) is 13.1 Å². The van der Waals surface area contributed by atoms with Crippen LogP contribution in [-0.2, 0) is 21.4 Å². The number of sulfonamides is 1. The average molecular weight is 289 g/mol. The molecule has 0 saturated heterocycles. The molecule has 108 valence electrons. The molecular formula is C12H19NO5S. The largest absolute Gasteiger partial charge is 0.465 e. The van der Waals surface area contributed by atoms with Gasteiger partial charge in [-0.3, -0.25) is 0 Å². The van der Waals surface area contributed by atoms with Gasteiger partial charge in [0.25, 0.3) is 0 Å². The maximum atomic E-state index is 12.3. The van der Waals surface area contributed by atoms with E-state index in [2.05, 4.69) is 4.72 Å². The molecular weight excluding hydrogens is 270 g/mol. The van der Waals surface area contributed by atoms with Crippen LogP contribution in [0.15, 0.2) is 9.31 Å². The fourth-order valence-corrected chi connectivity index (χ4v) is 4.08. The first-order chi connectivity index (χ1) is 8.89. The average Bonchev–Trinajstić information content (AvgIpc) is 2.58. The van der Waals surface area contributed by atoms with Gasteiger partial charge in [-0.2, -0.15) is 0 Å². The predicted molar refractivity (Wildman–Crippen MR) is 68.2 cm³/mol. The van der Waals surface area contributed by atoms with Crippen molar-refractivity contribution < 1.29 is 22.7 Å². The lowest BCUT2D eigenvalue weighted by molar-refractivity contribution is 0.0236. The number of hydrogen-bond donors (Lipinski definition) is 2. The number of furan rings is 1. The minimum atomic E-state index is -3.66. The SMILES string of the molecule is COC1CC(NS(=O)(=O)c2c(C)oc(C)c2CO)C1. The third-order valence-electron chi connectivity index (χ3n) is 3.50. The van der Waals surface area contributed by atoms with Crippen LogP contribution in [0.2, 0.25) is 0 Å². The quantitative estimate of drug-likeness (QED) is 0.838. The molecule has 1 fully saturated rings. The van der Waals surface area contributed by atoms with Gasteiger partial charge in [-0.15, -0.1) is 0 Å². The van der Waals surface area contributed by atoms with Crippen molar-refractivity contribution in [3.63, 3.8) is 0 Å². The maximum Gasteiger partial charge on any atom is 0.244 e. The second kappa shape index (κ2) is 5.24. The van der Waals surface area contributed by atoms with Crippen LogP contribution in [0, 0.1) is 13.8 Å². The topological polar surface area (TPSA) is 88.8 Å². The summed E-state index contributed by atoms with van der Waals surface area (Å²) in [4.78, 5) is 0.0633. The summed E-state index contributed by atoms with van der Waals surface area (Å²) in [6.45, 7) is 2.87. The molecule has 1 saturated carbocycles. The van der Waals surface area contributed by atoms with E-state index in [1.165, 1.54) is 0 Å². The van der Waals surface area contributed by atoms with Crippen LogP contribution < -0.4 is 4.72 Å². The summed E-state index contributed by atoms with van der Waals surface area (Å²) in [6, 6.07) is -0.115. The lowest BCUT2D eigenvalue weighted by atomic mass is 9.90. The third-order valence-corrected chi connectivity index (χ3v) is 5.22. The van der Waals surface area contributed by atoms with E-state index in [1.54, 1.807) is 21.0 Å². The van der Waals surface area contributed by atoms with E-state index >= 15 is 0 Å². The van der Waals surface area contributed by atoms with E-state index in [0.717, 1.165) is 0 Å². The zero-order valence-corrected chi connectivity index (χ0v) is 12.1. The number of hydrogen-bond acceptors (Lipinski definition) is 5. The van der Waals surface area contributed by atoms with Crippen LogP contribution in [0.3, 0.4) is 0 Å². The summed E-state index contributed by atoms with van der Waals surface area (Å²) in [7, 11) is -2.05. The highest BCUT2D eigenvalue weighted by Crippen LogP contribution is 2.29. The van der Waals surface area contributed by atoms with E-state index in [4.69, 9.17) is 9.15 Å². The van der Waals surface area contributed by atoms with Gasteiger partial charge in [0.05, 0.1) is 12.7 Å². The molecule has 2 rings (SSSR count). The van der Waals surface area contributed by atoms with Crippen molar-refractivity contribution in [3.8, 4) is 0 Å². The molecule has 7 heteroatoms. The van der Waals surface area contributed by atoms with Gasteiger partial charge in [0, 0.05) is 18.7 Å². The predicted octanol–water partition coefficient (Wildman–Crippen LogP) is 0.844. The summed E-state index contributed by atoms with van der Waals surface area (Å²) < 4.78 is 37.7. The Morgan fingerprint density at radius 3 is 2.53 bits per heavy atom. The van der Waals surface area contributed by atoms with Crippen LogP contribution in [0.1, 0.15) is 29.9 Å². The lowest BCUT2D eigenvalue weighted by Crippen LogP contribution is -2.47. The minimum absolute atomic E-state index is 0.0633. The Morgan fingerprint density at radius 2 is 2.00 bits per heavy atom. The van der Waals surface area contributed by atoms with Gasteiger partial charge < -0.3 is 14.3 Å². The molecule has 1 aliphatic carbocycles. The molecule has 1 aromatic rings. The third kappa shape index (κ3) is 2.69. The number of aliphatic hydroxyl groups is 1. The van der Waals surface area contributed by atoms with Crippen LogP contribution in [0.5, 0.6) is 0 Å². The van der Waals surface area contributed by atoms with Crippen LogP contribution in [-0.4, -0.2) is 32.8 Å². The molecule has 0 atom stereocenters. The number of aliphatic hydroxyl groups excluding tert-OH is 1. The molecule has 1 heterocycles. The Morgan fingerprint density at radius 1 is 1.37 bits per heavy atom. The van der Waals surface area contributed by atoms with Gasteiger partial charge in [0.15, 0.2) is 0 Å². The summed E-state index contributed by atoms with van der Waals surface area (Å²) in [5.74, 6) is 0.736. The van der Waals surface area contributed by atoms with Crippen molar-refractivity contribution in [1.29, 1.82) is 0 Å². The van der Waals surface area contributed by atoms with E-state index in [9.17, 15) is 13.5 Å². The van der Waals surface area contributed by atoms with Crippen molar-refractivity contribution >= 4 is 10.0 Å². The van der Waals surface area contributed by atoms with Crippen molar-refractivity contribution in [3.05, 3.63) is 17.1 Å². The molecule has 2 N–H and O–H groups in total. The smallest absolute Gasteiger partial charge is 0.244 e. The van der Waals surface area contributed by atoms with E-state index in [1.807, 2.05) is 0 Å². The van der Waals surface area contributed by atoms with Crippen LogP contribution in [0.4, 0.5) is 0 Å². The zero-order valence-electron chi connectivity index (χ0n) is 11.3. The van der Waals surface area contributed by atoms with Crippen molar-refractivity contribution in [1.82, 2.24) is 4.72 Å². The fraction of sp³-hybridized carbons (Fsp3) is 0.667. The number of rotatable bonds is 5. The molecule has 0 unspecified atom stereocenters. The van der Waals surface area contributed by atoms with Gasteiger partial charge >= 0.3 is 0 Å². The zero-order chi connectivity index (χ0) is 14.2. The molecule has 0 aliphatic heterocycles. The highest BCUT2D eigenvalue weighted by atomic mass is 32.2. The van der Waals surface area contributed by atoms with E-state index < -0.39 is 10.0 Å². The van der Waals surface area contributed by atoms with Gasteiger partial charge in [-0.1, -0.05) is 0 Å². The lowest BCUT2D eigenvalue weighted by Gasteiger charge is -2.34. The molecule has 6 nitrogen and oxygen atoms in total. The molecule has 0 radical (unpaired) electrons. The van der Waals surface area contributed by atoms with Gasteiger partial charge in [-0.05, 0) is 26.7 Å². The number of ether oxygens (including phenoxy) is 1. The summed E-state index contributed by atoms with van der Waals surface area (Å²) in [6.07, 6.45) is 1.46. The Labute approximate surface area is 112 Å². The minimum Gasteiger partial charge on any atom is -0.465 e. The number of aryl methyl sites for hydroxylation is 2. The Kier molecular flexibility index (Phi) is 4.00. The van der Waals surface area contributed by atoms with Gasteiger partial charge in [0.2, 0.25) is 10.0 Å². The Balaban J connectivity index is 2.21. The normalized spacial score (nSPS) is 23.4. The van der Waals surface area contributed by atoms with Gasteiger partial charge in [0.1, 0.15) is 16.4 Å². The summed E-state index contributed by atoms with van der Waals surface area (Å²) >= 11 is 0. The van der Waals surface area contributed by atoms with E-state index in [0.29, 0.717) is 29.9 Å². The number of nitrogens with one attached hydrogen (secondary N) is 1. The highest BCUT2D eigenvalue weighted by molar-refractivity contribution is 7.89. The first kappa shape index (κ1) is 14.5. The second-order valence-corrected chi connectivity index (χ2v) is 6.48. The summed E-state index contributed by atoms with van der Waals surface area (Å²) in [5.41, 5.74) is 0.326. The molecule has 1 aliphatic rings. The highest BCUT2D eigenvalue weighted by Gasteiger charge is 2.35. The maximum absolute atomic E-state index is 12.3. The van der Waals surface area contributed by atoms with Crippen LogP contribution in [0.25, 0.3) is 0 Å². The van der Waals surface area contributed by atoms with Crippen molar-refractivity contribution in [2.75, 3.05) is 7.11 Å². The standard InChI is InChI=1S/C12H19NO5S/c1-7-11(6-14)12(8(2)18-7)19(15,16)13-9-4-10(5-9)17-3/h9-10,13-14H,4-6H2,1-3H3. The Hall–Kier alpha value is -0.890. The molecule has 0 spiro atoms.